The molecule has 0 aliphatic rings. The minimum Gasteiger partial charge on any atom is -0.493 e. The van der Waals surface area contributed by atoms with Gasteiger partial charge < -0.3 is 20.5 Å². The van der Waals surface area contributed by atoms with Crippen LogP contribution in [0.2, 0.25) is 5.02 Å². The number of nitrogens with two attached hydrogens (primary N) is 1. The highest BCUT2D eigenvalue weighted by Gasteiger charge is 2.17. The van der Waals surface area contributed by atoms with E-state index in [4.69, 9.17) is 26.8 Å². The van der Waals surface area contributed by atoms with Gasteiger partial charge in [-0.3, -0.25) is 9.59 Å². The lowest BCUT2D eigenvalue weighted by Crippen LogP contribution is -2.15. The Balaban J connectivity index is 2.25. The third-order valence-corrected chi connectivity index (χ3v) is 4.48. The van der Waals surface area contributed by atoms with Crippen molar-refractivity contribution in [3.8, 4) is 11.5 Å². The van der Waals surface area contributed by atoms with Crippen LogP contribution in [0.15, 0.2) is 30.3 Å². The number of carbonyl (C=O) groups is 2. The largest absolute Gasteiger partial charge is 0.493 e. The van der Waals surface area contributed by atoms with E-state index >= 15 is 0 Å². The monoisotopic (exact) mass is 404 g/mol. The minimum atomic E-state index is -0.567. The third-order valence-electron chi connectivity index (χ3n) is 4.20. The molecule has 0 atom stereocenters. The number of benzene rings is 2. The van der Waals surface area contributed by atoms with E-state index in [-0.39, 0.29) is 5.02 Å². The minimum absolute atomic E-state index is 0.288. The Morgan fingerprint density at radius 2 is 1.89 bits per heavy atom. The van der Waals surface area contributed by atoms with Crippen LogP contribution in [0.25, 0.3) is 0 Å². The normalized spacial score (nSPS) is 10.6. The van der Waals surface area contributed by atoms with E-state index in [1.807, 2.05) is 6.92 Å². The summed E-state index contributed by atoms with van der Waals surface area (Å²) >= 11 is 6.33. The fourth-order valence-electron chi connectivity index (χ4n) is 2.49. The van der Waals surface area contributed by atoms with Gasteiger partial charge in [0.1, 0.15) is 0 Å². The maximum absolute atomic E-state index is 12.7. The quantitative estimate of drug-likeness (QED) is 0.680. The lowest BCUT2D eigenvalue weighted by atomic mass is 10.1. The summed E-state index contributed by atoms with van der Waals surface area (Å²) in [6, 6.07) is 7.96. The average molecular weight is 405 g/mol. The van der Waals surface area contributed by atoms with Crippen LogP contribution in [0.3, 0.4) is 0 Å². The Bertz CT molecular complexity index is 881. The van der Waals surface area contributed by atoms with Gasteiger partial charge in [0, 0.05) is 16.8 Å². The zero-order chi connectivity index (χ0) is 20.8. The van der Waals surface area contributed by atoms with Gasteiger partial charge in [0.2, 0.25) is 5.91 Å². The Kier molecular flexibility index (Phi) is 7.29. The molecule has 7 heteroatoms. The first-order chi connectivity index (χ1) is 13.2. The number of hydrogen-bond donors (Lipinski definition) is 2. The van der Waals surface area contributed by atoms with E-state index in [0.717, 1.165) is 12.0 Å². The second-order valence-electron chi connectivity index (χ2n) is 6.87. The molecule has 3 N–H and O–H groups in total. The van der Waals surface area contributed by atoms with Crippen molar-refractivity contribution in [1.29, 1.82) is 0 Å². The van der Waals surface area contributed by atoms with Crippen LogP contribution in [0.1, 0.15) is 46.5 Å². The van der Waals surface area contributed by atoms with Gasteiger partial charge in [0.25, 0.3) is 5.91 Å². The van der Waals surface area contributed by atoms with E-state index in [1.54, 1.807) is 18.2 Å². The predicted octanol–water partition coefficient (Wildman–Crippen LogP) is 4.43. The molecule has 0 heterocycles. The number of halogens is 1. The standard InChI is InChI=1S/C21H25ClN2O4/c1-12(2)7-8-28-19-16(22)9-15(11-18(19)27-4)21(26)24-17-10-14(20(23)25)6-5-13(17)3/h5-6,9-12H,7-8H2,1-4H3,(H2,23,25)(H,24,26). The SMILES string of the molecule is COc1cc(C(=O)Nc2cc(C(N)=O)ccc2C)cc(Cl)c1OCCC(C)C. The van der Waals surface area contributed by atoms with Gasteiger partial charge in [-0.25, -0.2) is 0 Å². The average Bonchev–Trinajstić information content (AvgIpc) is 2.63. The molecule has 0 radical (unpaired) electrons. The van der Waals surface area contributed by atoms with Crippen LogP contribution in [0.4, 0.5) is 5.69 Å². The molecule has 0 unspecified atom stereocenters. The summed E-state index contributed by atoms with van der Waals surface area (Å²) in [5, 5.41) is 3.06. The molecule has 28 heavy (non-hydrogen) atoms. The molecule has 0 bridgehead atoms. The molecule has 0 saturated carbocycles. The van der Waals surface area contributed by atoms with Crippen LogP contribution in [-0.2, 0) is 0 Å². The number of hydrogen-bond acceptors (Lipinski definition) is 4. The van der Waals surface area contributed by atoms with Gasteiger partial charge in [-0.05, 0) is 49.1 Å². The summed E-state index contributed by atoms with van der Waals surface area (Å²) in [6.45, 7) is 6.52. The van der Waals surface area contributed by atoms with Crippen molar-refractivity contribution in [1.82, 2.24) is 0 Å². The van der Waals surface area contributed by atoms with Gasteiger partial charge in [-0.2, -0.15) is 0 Å². The molecule has 0 aliphatic carbocycles. The van der Waals surface area contributed by atoms with Crippen molar-refractivity contribution >= 4 is 29.1 Å². The molecule has 2 rings (SSSR count). The molecular formula is C21H25ClN2O4. The molecule has 0 spiro atoms. The van der Waals surface area contributed by atoms with Crippen LogP contribution >= 0.6 is 11.6 Å². The first-order valence-corrected chi connectivity index (χ1v) is 9.32. The molecule has 2 aromatic rings. The van der Waals surface area contributed by atoms with Gasteiger partial charge >= 0.3 is 0 Å². The highest BCUT2D eigenvalue weighted by Crippen LogP contribution is 2.37. The van der Waals surface area contributed by atoms with Crippen molar-refractivity contribution in [2.24, 2.45) is 11.7 Å². The number of rotatable bonds is 8. The summed E-state index contributed by atoms with van der Waals surface area (Å²) in [5.74, 6) is 0.327. The second kappa shape index (κ2) is 9.46. The third kappa shape index (κ3) is 5.39. The van der Waals surface area contributed by atoms with Crippen molar-refractivity contribution in [2.45, 2.75) is 27.2 Å². The number of methoxy groups -OCH3 is 1. The van der Waals surface area contributed by atoms with Crippen molar-refractivity contribution in [3.63, 3.8) is 0 Å². The van der Waals surface area contributed by atoms with Gasteiger partial charge in [-0.1, -0.05) is 31.5 Å². The number of nitrogens with one attached hydrogen (secondary N) is 1. The highest BCUT2D eigenvalue weighted by molar-refractivity contribution is 6.32. The smallest absolute Gasteiger partial charge is 0.255 e. The summed E-state index contributed by atoms with van der Waals surface area (Å²) in [6.07, 6.45) is 0.872. The van der Waals surface area contributed by atoms with Crippen LogP contribution in [-0.4, -0.2) is 25.5 Å². The Morgan fingerprint density at radius 3 is 2.50 bits per heavy atom. The van der Waals surface area contributed by atoms with Crippen molar-refractivity contribution in [3.05, 3.63) is 52.0 Å². The number of ether oxygens (including phenoxy) is 2. The molecule has 6 nitrogen and oxygen atoms in total. The molecule has 2 amide bonds. The molecule has 0 saturated heterocycles. The summed E-state index contributed by atoms with van der Waals surface area (Å²) in [7, 11) is 1.49. The molecule has 150 valence electrons. The molecule has 0 fully saturated rings. The maximum Gasteiger partial charge on any atom is 0.255 e. The van der Waals surface area contributed by atoms with E-state index in [2.05, 4.69) is 19.2 Å². The van der Waals surface area contributed by atoms with Gasteiger partial charge in [-0.15, -0.1) is 0 Å². The lowest BCUT2D eigenvalue weighted by Gasteiger charge is -2.15. The molecule has 0 aromatic heterocycles. The lowest BCUT2D eigenvalue weighted by molar-refractivity contribution is 0.0996. The highest BCUT2D eigenvalue weighted by atomic mass is 35.5. The number of aryl methyl sites for hydroxylation is 1. The van der Waals surface area contributed by atoms with Crippen molar-refractivity contribution < 1.29 is 19.1 Å². The second-order valence-corrected chi connectivity index (χ2v) is 7.28. The number of primary amides is 1. The first-order valence-electron chi connectivity index (χ1n) is 8.95. The number of amides is 2. The fourth-order valence-corrected chi connectivity index (χ4v) is 2.76. The topological polar surface area (TPSA) is 90.6 Å². The fraction of sp³-hybridized carbons (Fsp3) is 0.333. The zero-order valence-electron chi connectivity index (χ0n) is 16.5. The number of anilines is 1. The van der Waals surface area contributed by atoms with E-state index in [1.165, 1.54) is 19.2 Å². The van der Waals surface area contributed by atoms with Crippen LogP contribution in [0.5, 0.6) is 11.5 Å². The van der Waals surface area contributed by atoms with Crippen LogP contribution < -0.4 is 20.5 Å². The van der Waals surface area contributed by atoms with Gasteiger partial charge in [0.05, 0.1) is 18.7 Å². The molecule has 2 aromatic carbocycles. The first kappa shape index (κ1) is 21.6. The van der Waals surface area contributed by atoms with Crippen LogP contribution in [0, 0.1) is 12.8 Å². The Labute approximate surface area is 170 Å². The van der Waals surface area contributed by atoms with Crippen molar-refractivity contribution in [2.75, 3.05) is 19.0 Å². The Hall–Kier alpha value is -2.73. The maximum atomic E-state index is 12.7. The summed E-state index contributed by atoms with van der Waals surface area (Å²) in [5.41, 5.74) is 7.22. The summed E-state index contributed by atoms with van der Waals surface area (Å²) in [4.78, 5) is 24.1. The Morgan fingerprint density at radius 1 is 1.18 bits per heavy atom. The molecule has 0 aliphatic heterocycles. The van der Waals surface area contributed by atoms with E-state index in [9.17, 15) is 9.59 Å². The van der Waals surface area contributed by atoms with Gasteiger partial charge in [0.15, 0.2) is 11.5 Å². The summed E-state index contributed by atoms with van der Waals surface area (Å²) < 4.78 is 11.1. The van der Waals surface area contributed by atoms with E-state index < -0.39 is 11.8 Å². The number of carbonyl (C=O) groups excluding carboxylic acids is 2. The molecular weight excluding hydrogens is 380 g/mol. The predicted molar refractivity (Wildman–Crippen MR) is 111 cm³/mol. The zero-order valence-corrected chi connectivity index (χ0v) is 17.2. The van der Waals surface area contributed by atoms with E-state index in [0.29, 0.717) is 40.8 Å².